The Labute approximate surface area is 68.4 Å². The molecule has 0 aromatic heterocycles. The molecule has 1 heterocycles. The highest BCUT2D eigenvalue weighted by Gasteiger charge is 2.22. The quantitative estimate of drug-likeness (QED) is 0.550. The molecule has 0 aromatic carbocycles. The third kappa shape index (κ3) is 2.30. The summed E-state index contributed by atoms with van der Waals surface area (Å²) in [6.45, 7) is 6.60. The lowest BCUT2D eigenvalue weighted by Gasteiger charge is -2.30. The Kier molecular flexibility index (Phi) is 2.22. The van der Waals surface area contributed by atoms with Gasteiger partial charge in [-0.05, 0) is 24.6 Å². The zero-order valence-corrected chi connectivity index (χ0v) is 7.39. The SMILES string of the molecule is CC(C)(C)C1NC=CC=CN1. The van der Waals surface area contributed by atoms with Crippen LogP contribution in [0.2, 0.25) is 0 Å². The summed E-state index contributed by atoms with van der Waals surface area (Å²) < 4.78 is 0. The maximum Gasteiger partial charge on any atom is 0.100 e. The van der Waals surface area contributed by atoms with E-state index in [4.69, 9.17) is 0 Å². The summed E-state index contributed by atoms with van der Waals surface area (Å²) in [5.74, 6) is 0. The van der Waals surface area contributed by atoms with Crippen LogP contribution in [0.1, 0.15) is 20.8 Å². The first-order valence-electron chi connectivity index (χ1n) is 3.94. The van der Waals surface area contributed by atoms with Gasteiger partial charge in [0.2, 0.25) is 0 Å². The second kappa shape index (κ2) is 2.99. The maximum atomic E-state index is 3.27. The van der Waals surface area contributed by atoms with Crippen LogP contribution in [0.15, 0.2) is 24.6 Å². The van der Waals surface area contributed by atoms with Gasteiger partial charge in [0.25, 0.3) is 0 Å². The van der Waals surface area contributed by atoms with Gasteiger partial charge in [0.1, 0.15) is 6.17 Å². The molecular formula is C9H16N2. The smallest absolute Gasteiger partial charge is 0.100 e. The molecule has 0 atom stereocenters. The van der Waals surface area contributed by atoms with Crippen molar-refractivity contribution < 1.29 is 0 Å². The van der Waals surface area contributed by atoms with Gasteiger partial charge in [0.15, 0.2) is 0 Å². The van der Waals surface area contributed by atoms with Crippen LogP contribution in [0.25, 0.3) is 0 Å². The van der Waals surface area contributed by atoms with Crippen LogP contribution in [0, 0.1) is 5.41 Å². The van der Waals surface area contributed by atoms with Crippen molar-refractivity contribution in [1.29, 1.82) is 0 Å². The van der Waals surface area contributed by atoms with Gasteiger partial charge in [-0.1, -0.05) is 20.8 Å². The van der Waals surface area contributed by atoms with Crippen molar-refractivity contribution in [2.45, 2.75) is 26.9 Å². The Morgan fingerprint density at radius 1 is 1.00 bits per heavy atom. The van der Waals surface area contributed by atoms with E-state index in [2.05, 4.69) is 31.4 Å². The van der Waals surface area contributed by atoms with Crippen molar-refractivity contribution in [2.75, 3.05) is 0 Å². The lowest BCUT2D eigenvalue weighted by atomic mass is 9.92. The van der Waals surface area contributed by atoms with E-state index < -0.39 is 0 Å². The molecule has 0 aromatic rings. The van der Waals surface area contributed by atoms with E-state index in [1.165, 1.54) is 0 Å². The second-order valence-electron chi connectivity index (χ2n) is 3.85. The highest BCUT2D eigenvalue weighted by molar-refractivity contribution is 5.06. The van der Waals surface area contributed by atoms with Gasteiger partial charge in [-0.25, -0.2) is 0 Å². The Bertz CT molecular complexity index is 160. The Morgan fingerprint density at radius 2 is 1.45 bits per heavy atom. The lowest BCUT2D eigenvalue weighted by molar-refractivity contribution is 0.266. The summed E-state index contributed by atoms with van der Waals surface area (Å²) in [5, 5.41) is 6.53. The Balaban J connectivity index is 2.60. The van der Waals surface area contributed by atoms with Crippen molar-refractivity contribution in [3.63, 3.8) is 0 Å². The number of rotatable bonds is 0. The van der Waals surface area contributed by atoms with Crippen molar-refractivity contribution in [2.24, 2.45) is 5.41 Å². The maximum absolute atomic E-state index is 3.27. The zero-order valence-electron chi connectivity index (χ0n) is 7.39. The van der Waals surface area contributed by atoms with Gasteiger partial charge in [-0.3, -0.25) is 0 Å². The molecule has 2 N–H and O–H groups in total. The molecule has 0 saturated carbocycles. The van der Waals surface area contributed by atoms with Gasteiger partial charge < -0.3 is 10.6 Å². The van der Waals surface area contributed by atoms with Crippen LogP contribution in [0.3, 0.4) is 0 Å². The molecule has 62 valence electrons. The highest BCUT2D eigenvalue weighted by Crippen LogP contribution is 2.17. The monoisotopic (exact) mass is 152 g/mol. The molecule has 0 saturated heterocycles. The van der Waals surface area contributed by atoms with Gasteiger partial charge in [0.05, 0.1) is 0 Å². The van der Waals surface area contributed by atoms with Gasteiger partial charge >= 0.3 is 0 Å². The van der Waals surface area contributed by atoms with E-state index in [1.807, 2.05) is 24.6 Å². The predicted molar refractivity (Wildman–Crippen MR) is 47.8 cm³/mol. The summed E-state index contributed by atoms with van der Waals surface area (Å²) in [4.78, 5) is 0. The first kappa shape index (κ1) is 8.18. The molecule has 2 nitrogen and oxygen atoms in total. The fraction of sp³-hybridized carbons (Fsp3) is 0.556. The van der Waals surface area contributed by atoms with E-state index in [0.717, 1.165) is 0 Å². The van der Waals surface area contributed by atoms with E-state index in [-0.39, 0.29) is 5.41 Å². The first-order valence-corrected chi connectivity index (χ1v) is 3.94. The molecule has 0 spiro atoms. The van der Waals surface area contributed by atoms with Crippen LogP contribution in [0.4, 0.5) is 0 Å². The van der Waals surface area contributed by atoms with Crippen molar-refractivity contribution in [1.82, 2.24) is 10.6 Å². The summed E-state index contributed by atoms with van der Waals surface area (Å²) in [6.07, 6.45) is 8.22. The normalized spacial score (nSPS) is 18.8. The molecule has 1 rings (SSSR count). The average molecular weight is 152 g/mol. The fourth-order valence-corrected chi connectivity index (χ4v) is 0.963. The number of hydrogen-bond acceptors (Lipinski definition) is 2. The average Bonchev–Trinajstić information content (AvgIpc) is 2.10. The largest absolute Gasteiger partial charge is 0.371 e. The minimum atomic E-state index is 0.235. The van der Waals surface area contributed by atoms with Crippen molar-refractivity contribution >= 4 is 0 Å². The predicted octanol–water partition coefficient (Wildman–Crippen LogP) is 1.58. The minimum absolute atomic E-state index is 0.235. The molecule has 0 aliphatic carbocycles. The third-order valence-corrected chi connectivity index (χ3v) is 1.70. The molecule has 0 unspecified atom stereocenters. The van der Waals surface area contributed by atoms with Gasteiger partial charge in [0, 0.05) is 5.41 Å². The first-order chi connectivity index (χ1) is 5.11. The summed E-state index contributed by atoms with van der Waals surface area (Å²) in [7, 11) is 0. The molecule has 2 heteroatoms. The van der Waals surface area contributed by atoms with Crippen molar-refractivity contribution in [3.8, 4) is 0 Å². The highest BCUT2D eigenvalue weighted by atomic mass is 15.1. The fourth-order valence-electron chi connectivity index (χ4n) is 0.963. The van der Waals surface area contributed by atoms with Crippen LogP contribution in [-0.2, 0) is 0 Å². The minimum Gasteiger partial charge on any atom is -0.371 e. The Hall–Kier alpha value is -0.920. The molecule has 0 radical (unpaired) electrons. The molecule has 1 aliphatic heterocycles. The van der Waals surface area contributed by atoms with Gasteiger partial charge in [-0.2, -0.15) is 0 Å². The molecule has 0 amide bonds. The second-order valence-corrected chi connectivity index (χ2v) is 3.85. The van der Waals surface area contributed by atoms with Crippen LogP contribution >= 0.6 is 0 Å². The molecule has 0 bridgehead atoms. The molecular weight excluding hydrogens is 136 g/mol. The summed E-state index contributed by atoms with van der Waals surface area (Å²) in [6, 6.07) is 0. The van der Waals surface area contributed by atoms with E-state index in [9.17, 15) is 0 Å². The number of hydrogen-bond donors (Lipinski definition) is 2. The van der Waals surface area contributed by atoms with Gasteiger partial charge in [-0.15, -0.1) is 0 Å². The van der Waals surface area contributed by atoms with Crippen molar-refractivity contribution in [3.05, 3.63) is 24.6 Å². The van der Waals surface area contributed by atoms with E-state index >= 15 is 0 Å². The molecule has 1 aliphatic rings. The zero-order chi connectivity index (χ0) is 8.32. The van der Waals surface area contributed by atoms with Crippen LogP contribution in [-0.4, -0.2) is 6.17 Å². The lowest BCUT2D eigenvalue weighted by Crippen LogP contribution is -2.46. The van der Waals surface area contributed by atoms with E-state index in [0.29, 0.717) is 6.17 Å². The molecule has 11 heavy (non-hydrogen) atoms. The summed E-state index contributed by atoms with van der Waals surface area (Å²) >= 11 is 0. The molecule has 0 fully saturated rings. The number of nitrogens with one attached hydrogen (secondary N) is 2. The van der Waals surface area contributed by atoms with E-state index in [1.54, 1.807) is 0 Å². The van der Waals surface area contributed by atoms with Crippen LogP contribution < -0.4 is 10.6 Å². The Morgan fingerprint density at radius 3 is 1.82 bits per heavy atom. The topological polar surface area (TPSA) is 24.1 Å². The number of allylic oxidation sites excluding steroid dienone is 2. The van der Waals surface area contributed by atoms with Crippen LogP contribution in [0.5, 0.6) is 0 Å². The standard InChI is InChI=1S/C9H16N2/c1-9(2,3)8-10-6-4-5-7-11-8/h4-8,10-11H,1-3H3. The third-order valence-electron chi connectivity index (χ3n) is 1.70. The summed E-state index contributed by atoms with van der Waals surface area (Å²) in [5.41, 5.74) is 0.235.